The van der Waals surface area contributed by atoms with Crippen molar-refractivity contribution in [1.29, 1.82) is 0 Å². The molecule has 1 aliphatic heterocycles. The second kappa shape index (κ2) is 3.84. The number of carbonyl (C=O) groups is 2. The van der Waals surface area contributed by atoms with E-state index >= 15 is 0 Å². The van der Waals surface area contributed by atoms with Crippen molar-refractivity contribution in [2.45, 2.75) is 0 Å². The highest BCUT2D eigenvalue weighted by Crippen LogP contribution is 2.15. The molecule has 0 bridgehead atoms. The van der Waals surface area contributed by atoms with E-state index in [4.69, 9.17) is 5.11 Å². The number of hydrogen-bond acceptors (Lipinski definition) is 3. The van der Waals surface area contributed by atoms with Gasteiger partial charge in [0.1, 0.15) is 6.54 Å². The van der Waals surface area contributed by atoms with Gasteiger partial charge >= 0.3 is 6.09 Å². The highest BCUT2D eigenvalue weighted by Gasteiger charge is 2.28. The fourth-order valence-corrected chi connectivity index (χ4v) is 1.66. The Hall–Kier alpha value is -2.05. The Labute approximate surface area is 91.9 Å². The summed E-state index contributed by atoms with van der Waals surface area (Å²) in [6.07, 6.45) is 2.27. The Kier molecular flexibility index (Phi) is 2.51. The predicted molar refractivity (Wildman–Crippen MR) is 55.2 cm³/mol. The summed E-state index contributed by atoms with van der Waals surface area (Å²) in [5, 5.41) is 12.7. The van der Waals surface area contributed by atoms with Crippen LogP contribution in [-0.2, 0) is 11.8 Å². The monoisotopic (exact) mass is 224 g/mol. The highest BCUT2D eigenvalue weighted by molar-refractivity contribution is 5.96. The third-order valence-electron chi connectivity index (χ3n) is 2.49. The molecule has 7 nitrogen and oxygen atoms in total. The minimum atomic E-state index is -1.06. The van der Waals surface area contributed by atoms with Crippen LogP contribution in [0, 0.1) is 0 Å². The van der Waals surface area contributed by atoms with Crippen molar-refractivity contribution in [2.24, 2.45) is 7.05 Å². The predicted octanol–water partition coefficient (Wildman–Crippen LogP) is -0.253. The lowest BCUT2D eigenvalue weighted by atomic mass is 10.3. The summed E-state index contributed by atoms with van der Waals surface area (Å²) in [6, 6.07) is 0. The van der Waals surface area contributed by atoms with Crippen molar-refractivity contribution in [2.75, 3.05) is 24.5 Å². The van der Waals surface area contributed by atoms with Crippen molar-refractivity contribution in [3.63, 3.8) is 0 Å². The van der Waals surface area contributed by atoms with Crippen LogP contribution < -0.4 is 4.90 Å². The average molecular weight is 224 g/mol. The molecule has 1 aliphatic rings. The molecular formula is C9H12N4O3. The van der Waals surface area contributed by atoms with E-state index in [0.717, 1.165) is 4.90 Å². The van der Waals surface area contributed by atoms with Crippen molar-refractivity contribution in [3.8, 4) is 0 Å². The molecule has 0 radical (unpaired) electrons. The van der Waals surface area contributed by atoms with Crippen LogP contribution >= 0.6 is 0 Å². The van der Waals surface area contributed by atoms with Crippen LogP contribution in [0.25, 0.3) is 0 Å². The van der Waals surface area contributed by atoms with Gasteiger partial charge in [0, 0.05) is 26.3 Å². The molecule has 0 spiro atoms. The van der Waals surface area contributed by atoms with E-state index in [-0.39, 0.29) is 12.5 Å². The summed E-state index contributed by atoms with van der Waals surface area (Å²) in [4.78, 5) is 25.0. The maximum Gasteiger partial charge on any atom is 0.407 e. The highest BCUT2D eigenvalue weighted by atomic mass is 16.4. The van der Waals surface area contributed by atoms with Crippen LogP contribution in [0.1, 0.15) is 0 Å². The lowest BCUT2D eigenvalue weighted by Gasteiger charge is -2.31. The zero-order valence-corrected chi connectivity index (χ0v) is 8.83. The molecule has 2 heterocycles. The number of rotatable bonds is 1. The largest absolute Gasteiger partial charge is 0.465 e. The molecule has 1 saturated heterocycles. The Morgan fingerprint density at radius 1 is 1.50 bits per heavy atom. The van der Waals surface area contributed by atoms with Gasteiger partial charge in [0.25, 0.3) is 0 Å². The topological polar surface area (TPSA) is 78.7 Å². The average Bonchev–Trinajstić information content (AvgIpc) is 2.64. The molecule has 16 heavy (non-hydrogen) atoms. The summed E-state index contributed by atoms with van der Waals surface area (Å²) in [6.45, 7) is 0.608. The Morgan fingerprint density at radius 2 is 2.25 bits per heavy atom. The minimum Gasteiger partial charge on any atom is -0.465 e. The number of anilines is 1. The van der Waals surface area contributed by atoms with Crippen molar-refractivity contribution < 1.29 is 14.7 Å². The van der Waals surface area contributed by atoms with Gasteiger partial charge in [-0.25, -0.2) is 4.79 Å². The van der Waals surface area contributed by atoms with Gasteiger partial charge in [0.2, 0.25) is 5.91 Å². The summed E-state index contributed by atoms with van der Waals surface area (Å²) in [7, 11) is 1.77. The van der Waals surface area contributed by atoms with Crippen LogP contribution in [0.5, 0.6) is 0 Å². The summed E-state index contributed by atoms with van der Waals surface area (Å²) < 4.78 is 1.60. The molecule has 1 aromatic rings. The molecule has 0 atom stereocenters. The Morgan fingerprint density at radius 3 is 2.75 bits per heavy atom. The maximum atomic E-state index is 11.7. The minimum absolute atomic E-state index is 0.0930. The fourth-order valence-electron chi connectivity index (χ4n) is 1.66. The smallest absolute Gasteiger partial charge is 0.407 e. The molecule has 0 saturated carbocycles. The first-order valence-electron chi connectivity index (χ1n) is 4.85. The van der Waals surface area contributed by atoms with Crippen LogP contribution in [0.2, 0.25) is 0 Å². The van der Waals surface area contributed by atoms with Crippen molar-refractivity contribution >= 4 is 17.7 Å². The first kappa shape index (κ1) is 10.5. The van der Waals surface area contributed by atoms with Gasteiger partial charge < -0.3 is 10.0 Å². The summed E-state index contributed by atoms with van der Waals surface area (Å²) in [5.41, 5.74) is 0.706. The molecule has 1 fully saturated rings. The Bertz CT molecular complexity index is 428. The lowest BCUT2D eigenvalue weighted by molar-refractivity contribution is -0.120. The molecule has 0 aliphatic carbocycles. The molecule has 1 N–H and O–H groups in total. The normalized spacial score (nSPS) is 16.7. The first-order valence-corrected chi connectivity index (χ1v) is 4.85. The van der Waals surface area contributed by atoms with Crippen molar-refractivity contribution in [3.05, 3.63) is 12.4 Å². The zero-order valence-electron chi connectivity index (χ0n) is 8.83. The standard InChI is InChI=1S/C9H12N4O3/c1-11-5-7(4-10-11)13-3-2-12(9(15)16)6-8(13)14/h4-5H,2-3,6H2,1H3,(H,15,16). The second-order valence-corrected chi connectivity index (χ2v) is 3.62. The van der Waals surface area contributed by atoms with Gasteiger partial charge in [-0.05, 0) is 0 Å². The van der Waals surface area contributed by atoms with Crippen LogP contribution in [0.15, 0.2) is 12.4 Å². The SMILES string of the molecule is Cn1cc(N2CCN(C(=O)O)CC2=O)cn1. The Balaban J connectivity index is 2.10. The van der Waals surface area contributed by atoms with E-state index in [0.29, 0.717) is 18.8 Å². The number of aromatic nitrogens is 2. The van der Waals surface area contributed by atoms with Gasteiger partial charge in [-0.15, -0.1) is 0 Å². The molecular weight excluding hydrogens is 212 g/mol. The molecule has 1 aromatic heterocycles. The van der Waals surface area contributed by atoms with Gasteiger partial charge in [0.15, 0.2) is 0 Å². The fraction of sp³-hybridized carbons (Fsp3) is 0.444. The first-order chi connectivity index (χ1) is 7.58. The van der Waals surface area contributed by atoms with Gasteiger partial charge in [-0.1, -0.05) is 0 Å². The number of nitrogens with zero attached hydrogens (tertiary/aromatic N) is 4. The number of piperazine rings is 1. The van der Waals surface area contributed by atoms with E-state index in [1.54, 1.807) is 29.0 Å². The quantitative estimate of drug-likeness (QED) is 0.713. The van der Waals surface area contributed by atoms with Gasteiger partial charge in [0.05, 0.1) is 11.9 Å². The molecule has 0 aromatic carbocycles. The van der Waals surface area contributed by atoms with Crippen LogP contribution in [-0.4, -0.2) is 51.4 Å². The number of amides is 2. The van der Waals surface area contributed by atoms with Crippen molar-refractivity contribution in [1.82, 2.24) is 14.7 Å². The van der Waals surface area contributed by atoms with E-state index in [1.165, 1.54) is 0 Å². The molecule has 86 valence electrons. The van der Waals surface area contributed by atoms with E-state index in [1.807, 2.05) is 0 Å². The number of hydrogen-bond donors (Lipinski definition) is 1. The van der Waals surface area contributed by atoms with Crippen LogP contribution in [0.4, 0.5) is 10.5 Å². The second-order valence-electron chi connectivity index (χ2n) is 3.62. The van der Waals surface area contributed by atoms with Crippen LogP contribution in [0.3, 0.4) is 0 Å². The van der Waals surface area contributed by atoms with E-state index in [2.05, 4.69) is 5.10 Å². The molecule has 0 unspecified atom stereocenters. The van der Waals surface area contributed by atoms with Gasteiger partial charge in [-0.3, -0.25) is 14.4 Å². The summed E-state index contributed by atoms with van der Waals surface area (Å²) >= 11 is 0. The molecule has 2 amide bonds. The third-order valence-corrected chi connectivity index (χ3v) is 2.49. The van der Waals surface area contributed by atoms with E-state index in [9.17, 15) is 9.59 Å². The zero-order chi connectivity index (χ0) is 11.7. The number of carbonyl (C=O) groups excluding carboxylic acids is 1. The van der Waals surface area contributed by atoms with E-state index < -0.39 is 6.09 Å². The summed E-state index contributed by atoms with van der Waals surface area (Å²) in [5.74, 6) is -0.221. The molecule has 2 rings (SSSR count). The maximum absolute atomic E-state index is 11.7. The third kappa shape index (κ3) is 1.83. The number of carboxylic acid groups (broad SMARTS) is 1. The molecule has 7 heteroatoms. The van der Waals surface area contributed by atoms with Gasteiger partial charge in [-0.2, -0.15) is 5.10 Å². The number of aryl methyl sites for hydroxylation is 1. The lowest BCUT2D eigenvalue weighted by Crippen LogP contribution is -2.52.